The molecule has 0 bridgehead atoms. The highest BCUT2D eigenvalue weighted by Crippen LogP contribution is 2.10. The van der Waals surface area contributed by atoms with Crippen molar-refractivity contribution in [2.24, 2.45) is 5.92 Å². The Balaban J connectivity index is 1.78. The standard InChI is InChI=1S/C15H24N2/c1-14(12-15-6-3-2-4-7-15)13-17-10-5-8-16-9-11-17/h2-4,6-7,14,16H,5,8-13H2,1H3. The largest absolute Gasteiger partial charge is 0.315 e. The second kappa shape index (κ2) is 6.77. The molecule has 2 rings (SSSR count). The molecule has 17 heavy (non-hydrogen) atoms. The first-order chi connectivity index (χ1) is 8.34. The van der Waals surface area contributed by atoms with Crippen LogP contribution in [0.3, 0.4) is 0 Å². The van der Waals surface area contributed by atoms with E-state index < -0.39 is 0 Å². The number of hydrogen-bond acceptors (Lipinski definition) is 2. The van der Waals surface area contributed by atoms with Gasteiger partial charge in [-0.15, -0.1) is 0 Å². The van der Waals surface area contributed by atoms with E-state index in [0.717, 1.165) is 12.5 Å². The molecule has 1 atom stereocenters. The zero-order chi connectivity index (χ0) is 11.9. The lowest BCUT2D eigenvalue weighted by Crippen LogP contribution is -2.32. The van der Waals surface area contributed by atoms with Crippen LogP contribution in [0.2, 0.25) is 0 Å². The molecule has 2 heteroatoms. The fourth-order valence-corrected chi connectivity index (χ4v) is 2.61. The Morgan fingerprint density at radius 2 is 2.00 bits per heavy atom. The SMILES string of the molecule is CC(Cc1ccccc1)CN1CCCNCC1. The molecule has 1 unspecified atom stereocenters. The van der Waals surface area contributed by atoms with Gasteiger partial charge in [0.05, 0.1) is 0 Å². The van der Waals surface area contributed by atoms with E-state index in [1.54, 1.807) is 0 Å². The van der Waals surface area contributed by atoms with Gasteiger partial charge in [-0.05, 0) is 37.4 Å². The van der Waals surface area contributed by atoms with Gasteiger partial charge in [-0.3, -0.25) is 0 Å². The predicted octanol–water partition coefficient (Wildman–Crippen LogP) is 2.16. The summed E-state index contributed by atoms with van der Waals surface area (Å²) < 4.78 is 0. The van der Waals surface area contributed by atoms with Crippen molar-refractivity contribution in [1.29, 1.82) is 0 Å². The minimum Gasteiger partial charge on any atom is -0.315 e. The Morgan fingerprint density at radius 1 is 1.18 bits per heavy atom. The van der Waals surface area contributed by atoms with Crippen LogP contribution in [0.25, 0.3) is 0 Å². The van der Waals surface area contributed by atoms with E-state index in [1.807, 2.05) is 0 Å². The second-order valence-electron chi connectivity index (χ2n) is 5.20. The van der Waals surface area contributed by atoms with Crippen molar-refractivity contribution < 1.29 is 0 Å². The zero-order valence-corrected chi connectivity index (χ0v) is 10.9. The Labute approximate surface area is 105 Å². The lowest BCUT2D eigenvalue weighted by Gasteiger charge is -2.23. The number of nitrogens with one attached hydrogen (secondary N) is 1. The number of hydrogen-bond donors (Lipinski definition) is 1. The lowest BCUT2D eigenvalue weighted by molar-refractivity contribution is 0.251. The molecule has 94 valence electrons. The van der Waals surface area contributed by atoms with Crippen LogP contribution in [-0.4, -0.2) is 37.6 Å². The van der Waals surface area contributed by atoms with Gasteiger partial charge in [-0.2, -0.15) is 0 Å². The quantitative estimate of drug-likeness (QED) is 0.856. The van der Waals surface area contributed by atoms with E-state index in [4.69, 9.17) is 0 Å². The third-order valence-corrected chi connectivity index (χ3v) is 3.43. The Hall–Kier alpha value is -0.860. The summed E-state index contributed by atoms with van der Waals surface area (Å²) in [6.07, 6.45) is 2.49. The van der Waals surface area contributed by atoms with Gasteiger partial charge >= 0.3 is 0 Å². The molecule has 0 saturated carbocycles. The van der Waals surface area contributed by atoms with E-state index >= 15 is 0 Å². The summed E-state index contributed by atoms with van der Waals surface area (Å²) in [4.78, 5) is 2.60. The van der Waals surface area contributed by atoms with E-state index in [0.29, 0.717) is 0 Å². The van der Waals surface area contributed by atoms with Crippen molar-refractivity contribution in [2.75, 3.05) is 32.7 Å². The molecular weight excluding hydrogens is 208 g/mol. The van der Waals surface area contributed by atoms with Crippen molar-refractivity contribution in [1.82, 2.24) is 10.2 Å². The van der Waals surface area contributed by atoms with Gasteiger partial charge in [0.2, 0.25) is 0 Å². The third-order valence-electron chi connectivity index (χ3n) is 3.43. The maximum absolute atomic E-state index is 3.46. The molecule has 1 aromatic rings. The first-order valence-corrected chi connectivity index (χ1v) is 6.81. The van der Waals surface area contributed by atoms with E-state index in [2.05, 4.69) is 47.5 Å². The smallest absolute Gasteiger partial charge is 0.0107 e. The zero-order valence-electron chi connectivity index (χ0n) is 10.9. The second-order valence-corrected chi connectivity index (χ2v) is 5.20. The Morgan fingerprint density at radius 3 is 2.82 bits per heavy atom. The van der Waals surface area contributed by atoms with Gasteiger partial charge < -0.3 is 10.2 Å². The molecule has 0 amide bonds. The van der Waals surface area contributed by atoms with E-state index in [-0.39, 0.29) is 0 Å². The molecule has 1 aromatic carbocycles. The Bertz CT molecular complexity index is 302. The molecule has 1 N–H and O–H groups in total. The topological polar surface area (TPSA) is 15.3 Å². The minimum atomic E-state index is 0.746. The normalized spacial score (nSPS) is 19.8. The molecule has 1 aliphatic heterocycles. The Kier molecular flexibility index (Phi) is 5.02. The summed E-state index contributed by atoms with van der Waals surface area (Å²) >= 11 is 0. The number of nitrogens with zero attached hydrogens (tertiary/aromatic N) is 1. The molecule has 0 aromatic heterocycles. The molecule has 1 aliphatic rings. The molecule has 0 aliphatic carbocycles. The van der Waals surface area contributed by atoms with Crippen molar-refractivity contribution in [2.45, 2.75) is 19.8 Å². The van der Waals surface area contributed by atoms with Gasteiger partial charge in [0.25, 0.3) is 0 Å². The lowest BCUT2D eigenvalue weighted by atomic mass is 10.0. The predicted molar refractivity (Wildman–Crippen MR) is 73.2 cm³/mol. The molecule has 1 saturated heterocycles. The summed E-state index contributed by atoms with van der Waals surface area (Å²) in [6, 6.07) is 10.8. The van der Waals surface area contributed by atoms with Gasteiger partial charge in [0.1, 0.15) is 0 Å². The molecule has 1 heterocycles. The van der Waals surface area contributed by atoms with Crippen LogP contribution in [-0.2, 0) is 6.42 Å². The van der Waals surface area contributed by atoms with Crippen molar-refractivity contribution in [3.63, 3.8) is 0 Å². The summed E-state index contributed by atoms with van der Waals surface area (Å²) in [5.41, 5.74) is 1.47. The molecule has 0 radical (unpaired) electrons. The van der Waals surface area contributed by atoms with E-state index in [1.165, 1.54) is 44.6 Å². The van der Waals surface area contributed by atoms with Crippen molar-refractivity contribution >= 4 is 0 Å². The highest BCUT2D eigenvalue weighted by molar-refractivity contribution is 5.15. The van der Waals surface area contributed by atoms with Crippen molar-refractivity contribution in [3.05, 3.63) is 35.9 Å². The van der Waals surface area contributed by atoms with Crippen LogP contribution in [0.15, 0.2) is 30.3 Å². The number of benzene rings is 1. The molecule has 0 spiro atoms. The highest BCUT2D eigenvalue weighted by Gasteiger charge is 2.12. The van der Waals surface area contributed by atoms with Gasteiger partial charge in [0, 0.05) is 19.6 Å². The molecule has 1 fully saturated rings. The fraction of sp³-hybridized carbons (Fsp3) is 0.600. The monoisotopic (exact) mass is 232 g/mol. The average molecular weight is 232 g/mol. The summed E-state index contributed by atoms with van der Waals surface area (Å²) in [5, 5.41) is 3.46. The highest BCUT2D eigenvalue weighted by atomic mass is 15.1. The first kappa shape index (κ1) is 12.6. The maximum atomic E-state index is 3.46. The van der Waals surface area contributed by atoms with Crippen LogP contribution in [0, 0.1) is 5.92 Å². The van der Waals surface area contributed by atoms with Gasteiger partial charge in [-0.25, -0.2) is 0 Å². The fourth-order valence-electron chi connectivity index (χ4n) is 2.61. The molecule has 2 nitrogen and oxygen atoms in total. The number of rotatable bonds is 4. The maximum Gasteiger partial charge on any atom is 0.0107 e. The van der Waals surface area contributed by atoms with Crippen LogP contribution < -0.4 is 5.32 Å². The van der Waals surface area contributed by atoms with E-state index in [9.17, 15) is 0 Å². The molecular formula is C15H24N2. The van der Waals surface area contributed by atoms with Gasteiger partial charge in [-0.1, -0.05) is 37.3 Å². The van der Waals surface area contributed by atoms with Crippen LogP contribution in [0.1, 0.15) is 18.9 Å². The summed E-state index contributed by atoms with van der Waals surface area (Å²) in [6.45, 7) is 8.40. The van der Waals surface area contributed by atoms with Gasteiger partial charge in [0.15, 0.2) is 0 Å². The first-order valence-electron chi connectivity index (χ1n) is 6.81. The average Bonchev–Trinajstić information content (AvgIpc) is 2.59. The van der Waals surface area contributed by atoms with Crippen LogP contribution in [0.4, 0.5) is 0 Å². The van der Waals surface area contributed by atoms with Crippen LogP contribution in [0.5, 0.6) is 0 Å². The summed E-state index contributed by atoms with van der Waals surface area (Å²) in [5.74, 6) is 0.746. The minimum absolute atomic E-state index is 0.746. The van der Waals surface area contributed by atoms with Crippen molar-refractivity contribution in [3.8, 4) is 0 Å². The van der Waals surface area contributed by atoms with Crippen LogP contribution >= 0.6 is 0 Å². The summed E-state index contributed by atoms with van der Waals surface area (Å²) in [7, 11) is 0. The third kappa shape index (κ3) is 4.49.